The van der Waals surface area contributed by atoms with Crippen molar-refractivity contribution in [2.75, 3.05) is 4.90 Å². The van der Waals surface area contributed by atoms with E-state index in [0.29, 0.717) is 11.5 Å². The molecule has 0 aliphatic rings. The highest BCUT2D eigenvalue weighted by molar-refractivity contribution is 6.15. The van der Waals surface area contributed by atoms with Gasteiger partial charge in [0, 0.05) is 45.2 Å². The highest BCUT2D eigenvalue weighted by Gasteiger charge is 2.20. The SMILES string of the molecule is c1ccc(-c2cccc(N(c3ccc4c(c3)oc3cc5oc(-c6ccccc6)nc5cc34)c3cc4ccccc4c4ccccc34)c2)cc1. The summed E-state index contributed by atoms with van der Waals surface area (Å²) in [5.74, 6) is 0.603. The number of anilines is 3. The standard InChI is InChI=1S/C45H28N2O2/c1-3-12-29(13-4-1)31-17-11-18-33(24-31)47(41-25-32-16-7-8-19-35(32)36-20-9-10-21-37(36)41)34-22-23-38-39-27-40-44(28-43(39)48-42(38)26-34)49-45(46-40)30-14-5-2-6-15-30/h1-28H. The molecule has 0 amide bonds. The van der Waals surface area contributed by atoms with Gasteiger partial charge in [-0.15, -0.1) is 0 Å². The van der Waals surface area contributed by atoms with Gasteiger partial charge < -0.3 is 13.7 Å². The maximum Gasteiger partial charge on any atom is 0.227 e. The number of benzene rings is 8. The largest absolute Gasteiger partial charge is 0.456 e. The molecular formula is C45H28N2O2. The Labute approximate surface area is 282 Å². The second kappa shape index (κ2) is 11.0. The van der Waals surface area contributed by atoms with E-state index < -0.39 is 0 Å². The van der Waals surface area contributed by atoms with Crippen LogP contribution in [0.3, 0.4) is 0 Å². The fraction of sp³-hybridized carbons (Fsp3) is 0. The fourth-order valence-electron chi connectivity index (χ4n) is 7.13. The Kier molecular flexibility index (Phi) is 6.15. The number of aromatic nitrogens is 1. The van der Waals surface area contributed by atoms with Crippen LogP contribution < -0.4 is 4.90 Å². The summed E-state index contributed by atoms with van der Waals surface area (Å²) in [6.45, 7) is 0. The lowest BCUT2D eigenvalue weighted by atomic mass is 9.98. The molecule has 0 atom stereocenters. The van der Waals surface area contributed by atoms with E-state index in [1.807, 2.05) is 36.4 Å². The molecule has 4 nitrogen and oxygen atoms in total. The molecule has 0 unspecified atom stereocenters. The molecule has 230 valence electrons. The van der Waals surface area contributed by atoms with E-state index in [2.05, 4.69) is 138 Å². The first-order valence-electron chi connectivity index (χ1n) is 16.5. The van der Waals surface area contributed by atoms with Crippen LogP contribution in [0.5, 0.6) is 0 Å². The number of fused-ring (bicyclic) bond motifs is 7. The van der Waals surface area contributed by atoms with Gasteiger partial charge in [0.15, 0.2) is 5.58 Å². The number of hydrogen-bond acceptors (Lipinski definition) is 4. The zero-order valence-electron chi connectivity index (χ0n) is 26.4. The lowest BCUT2D eigenvalue weighted by Crippen LogP contribution is -2.10. The summed E-state index contributed by atoms with van der Waals surface area (Å²) in [6, 6.07) is 59.4. The Morgan fingerprint density at radius 2 is 1.06 bits per heavy atom. The normalized spacial score (nSPS) is 11.7. The molecule has 2 heterocycles. The maximum absolute atomic E-state index is 6.57. The van der Waals surface area contributed by atoms with E-state index in [-0.39, 0.29) is 0 Å². The second-order valence-corrected chi connectivity index (χ2v) is 12.4. The molecule has 0 spiro atoms. The van der Waals surface area contributed by atoms with Crippen molar-refractivity contribution in [3.05, 3.63) is 170 Å². The van der Waals surface area contributed by atoms with Gasteiger partial charge in [-0.3, -0.25) is 0 Å². The van der Waals surface area contributed by atoms with Crippen molar-refractivity contribution in [2.45, 2.75) is 0 Å². The van der Waals surface area contributed by atoms with Gasteiger partial charge in [-0.25, -0.2) is 4.98 Å². The van der Waals surface area contributed by atoms with E-state index in [4.69, 9.17) is 13.8 Å². The first-order valence-corrected chi connectivity index (χ1v) is 16.5. The van der Waals surface area contributed by atoms with Crippen molar-refractivity contribution in [3.8, 4) is 22.6 Å². The third-order valence-corrected chi connectivity index (χ3v) is 9.44. The molecular weight excluding hydrogens is 601 g/mol. The van der Waals surface area contributed by atoms with Crippen molar-refractivity contribution >= 4 is 71.6 Å². The highest BCUT2D eigenvalue weighted by Crippen LogP contribution is 2.44. The highest BCUT2D eigenvalue weighted by atomic mass is 16.4. The van der Waals surface area contributed by atoms with E-state index in [1.54, 1.807) is 0 Å². The van der Waals surface area contributed by atoms with E-state index in [0.717, 1.165) is 55.6 Å². The van der Waals surface area contributed by atoms with Crippen molar-refractivity contribution < 1.29 is 8.83 Å². The van der Waals surface area contributed by atoms with Gasteiger partial charge in [0.1, 0.15) is 16.7 Å². The average Bonchev–Trinajstić information content (AvgIpc) is 3.75. The number of furan rings is 1. The van der Waals surface area contributed by atoms with E-state index in [9.17, 15) is 0 Å². The molecule has 0 aliphatic carbocycles. The van der Waals surface area contributed by atoms with Crippen LogP contribution in [-0.4, -0.2) is 4.98 Å². The van der Waals surface area contributed by atoms with Crippen LogP contribution in [0.25, 0.3) is 77.2 Å². The number of nitrogens with zero attached hydrogens (tertiary/aromatic N) is 2. The summed E-state index contributed by atoms with van der Waals surface area (Å²) in [5.41, 5.74) is 9.52. The van der Waals surface area contributed by atoms with Crippen molar-refractivity contribution in [2.24, 2.45) is 0 Å². The molecule has 0 N–H and O–H groups in total. The third kappa shape index (κ3) is 4.57. The van der Waals surface area contributed by atoms with Gasteiger partial charge in [0.25, 0.3) is 0 Å². The van der Waals surface area contributed by atoms with Crippen LogP contribution in [0.2, 0.25) is 0 Å². The summed E-state index contributed by atoms with van der Waals surface area (Å²) in [4.78, 5) is 7.17. The van der Waals surface area contributed by atoms with Crippen LogP contribution in [0.4, 0.5) is 17.1 Å². The molecule has 49 heavy (non-hydrogen) atoms. The molecule has 0 fully saturated rings. The van der Waals surface area contributed by atoms with Crippen LogP contribution >= 0.6 is 0 Å². The van der Waals surface area contributed by atoms with Gasteiger partial charge in [-0.2, -0.15) is 0 Å². The van der Waals surface area contributed by atoms with Crippen LogP contribution in [-0.2, 0) is 0 Å². The fourth-order valence-corrected chi connectivity index (χ4v) is 7.13. The predicted molar refractivity (Wildman–Crippen MR) is 202 cm³/mol. The lowest BCUT2D eigenvalue weighted by molar-refractivity contribution is 0.617. The van der Waals surface area contributed by atoms with Gasteiger partial charge in [0.05, 0.1) is 5.69 Å². The zero-order chi connectivity index (χ0) is 32.3. The summed E-state index contributed by atoms with van der Waals surface area (Å²) in [6.07, 6.45) is 0. The number of oxazole rings is 1. The Hall–Kier alpha value is -6.65. The molecule has 0 saturated heterocycles. The van der Waals surface area contributed by atoms with Gasteiger partial charge >= 0.3 is 0 Å². The van der Waals surface area contributed by atoms with Crippen molar-refractivity contribution in [1.82, 2.24) is 4.98 Å². The monoisotopic (exact) mass is 628 g/mol. The molecule has 0 bridgehead atoms. The average molecular weight is 629 g/mol. The maximum atomic E-state index is 6.57. The molecule has 2 aromatic heterocycles. The minimum absolute atomic E-state index is 0.603. The van der Waals surface area contributed by atoms with E-state index >= 15 is 0 Å². The van der Waals surface area contributed by atoms with Crippen molar-refractivity contribution in [3.63, 3.8) is 0 Å². The molecule has 4 heteroatoms. The van der Waals surface area contributed by atoms with Crippen molar-refractivity contribution in [1.29, 1.82) is 0 Å². The summed E-state index contributed by atoms with van der Waals surface area (Å²) < 4.78 is 12.8. The lowest BCUT2D eigenvalue weighted by Gasteiger charge is -2.28. The minimum atomic E-state index is 0.603. The first kappa shape index (κ1) is 27.5. The Bertz CT molecular complexity index is 2830. The second-order valence-electron chi connectivity index (χ2n) is 12.4. The van der Waals surface area contributed by atoms with Crippen LogP contribution in [0, 0.1) is 0 Å². The molecule has 0 saturated carbocycles. The summed E-state index contributed by atoms with van der Waals surface area (Å²) >= 11 is 0. The molecule has 0 radical (unpaired) electrons. The zero-order valence-corrected chi connectivity index (χ0v) is 26.4. The Balaban J connectivity index is 1.18. The van der Waals surface area contributed by atoms with Gasteiger partial charge in [0.2, 0.25) is 5.89 Å². The molecule has 10 aromatic rings. The smallest absolute Gasteiger partial charge is 0.227 e. The minimum Gasteiger partial charge on any atom is -0.456 e. The van der Waals surface area contributed by atoms with E-state index in [1.165, 1.54) is 27.1 Å². The topological polar surface area (TPSA) is 42.4 Å². The summed E-state index contributed by atoms with van der Waals surface area (Å²) in [5, 5.41) is 6.87. The molecule has 10 rings (SSSR count). The Morgan fingerprint density at radius 1 is 0.388 bits per heavy atom. The summed E-state index contributed by atoms with van der Waals surface area (Å²) in [7, 11) is 0. The van der Waals surface area contributed by atoms with Gasteiger partial charge in [-0.05, 0) is 75.8 Å². The van der Waals surface area contributed by atoms with Crippen LogP contribution in [0.1, 0.15) is 0 Å². The predicted octanol–water partition coefficient (Wildman–Crippen LogP) is 12.8. The molecule has 8 aromatic carbocycles. The quantitative estimate of drug-likeness (QED) is 0.178. The van der Waals surface area contributed by atoms with Gasteiger partial charge in [-0.1, -0.05) is 109 Å². The number of hydrogen-bond donors (Lipinski definition) is 0. The first-order chi connectivity index (χ1) is 24.3. The third-order valence-electron chi connectivity index (χ3n) is 9.44. The Morgan fingerprint density at radius 3 is 1.90 bits per heavy atom. The molecule has 0 aliphatic heterocycles. The number of rotatable bonds is 5. The van der Waals surface area contributed by atoms with Crippen LogP contribution in [0.15, 0.2) is 179 Å².